The molecule has 1 rings (SSSR count). The molecule has 0 radical (unpaired) electrons. The fourth-order valence-electron chi connectivity index (χ4n) is 1.95. The number of aliphatic carboxylic acids is 1. The summed E-state index contributed by atoms with van der Waals surface area (Å²) in [5.41, 5.74) is -0.224. The van der Waals surface area contributed by atoms with Crippen LogP contribution >= 0.6 is 0 Å². The molecular weight excluding hydrogens is 156 g/mol. The largest absolute Gasteiger partial charge is 0.481 e. The monoisotopic (exact) mass is 172 g/mol. The SMILES string of the molecule is CC1(C)C(O)CCC1CC(=O)O. The number of carboxylic acid groups (broad SMARTS) is 1. The third-order valence-corrected chi connectivity index (χ3v) is 3.12. The van der Waals surface area contributed by atoms with Crippen molar-refractivity contribution in [2.45, 2.75) is 39.2 Å². The standard InChI is InChI=1S/C9H16O3/c1-9(2)6(5-8(11)12)3-4-7(9)10/h6-7,10H,3-5H2,1-2H3,(H,11,12). The number of hydrogen-bond donors (Lipinski definition) is 2. The molecule has 1 aliphatic rings. The number of carbonyl (C=O) groups is 1. The van der Waals surface area contributed by atoms with Crippen molar-refractivity contribution in [1.82, 2.24) is 0 Å². The highest BCUT2D eigenvalue weighted by Crippen LogP contribution is 2.44. The summed E-state index contributed by atoms with van der Waals surface area (Å²) in [5.74, 6) is -0.632. The maximum atomic E-state index is 10.5. The van der Waals surface area contributed by atoms with Gasteiger partial charge in [-0.05, 0) is 24.2 Å². The molecule has 12 heavy (non-hydrogen) atoms. The highest BCUT2D eigenvalue weighted by Gasteiger charge is 2.42. The van der Waals surface area contributed by atoms with E-state index in [1.165, 1.54) is 0 Å². The van der Waals surface area contributed by atoms with E-state index in [1.54, 1.807) is 0 Å². The van der Waals surface area contributed by atoms with Crippen LogP contribution < -0.4 is 0 Å². The van der Waals surface area contributed by atoms with Gasteiger partial charge < -0.3 is 10.2 Å². The van der Waals surface area contributed by atoms with E-state index in [0.717, 1.165) is 12.8 Å². The molecule has 0 aliphatic heterocycles. The van der Waals surface area contributed by atoms with E-state index >= 15 is 0 Å². The minimum Gasteiger partial charge on any atom is -0.481 e. The lowest BCUT2D eigenvalue weighted by atomic mass is 9.79. The van der Waals surface area contributed by atoms with Crippen LogP contribution in [0.25, 0.3) is 0 Å². The van der Waals surface area contributed by atoms with Crippen molar-refractivity contribution in [2.75, 3.05) is 0 Å². The van der Waals surface area contributed by atoms with Crippen LogP contribution in [0.3, 0.4) is 0 Å². The number of carboxylic acids is 1. The predicted octanol–water partition coefficient (Wildman–Crippen LogP) is 1.26. The molecule has 0 aromatic carbocycles. The average Bonchev–Trinajstić information content (AvgIpc) is 2.15. The molecule has 0 heterocycles. The second kappa shape index (κ2) is 3.05. The van der Waals surface area contributed by atoms with Crippen LogP contribution in [0, 0.1) is 11.3 Å². The van der Waals surface area contributed by atoms with Crippen molar-refractivity contribution in [3.63, 3.8) is 0 Å². The van der Waals surface area contributed by atoms with Gasteiger partial charge in [0.1, 0.15) is 0 Å². The first-order valence-corrected chi connectivity index (χ1v) is 4.34. The van der Waals surface area contributed by atoms with Crippen molar-refractivity contribution >= 4 is 5.97 Å². The summed E-state index contributed by atoms with van der Waals surface area (Å²) >= 11 is 0. The normalized spacial score (nSPS) is 33.6. The Bertz CT molecular complexity index is 186. The van der Waals surface area contributed by atoms with Gasteiger partial charge in [0.25, 0.3) is 0 Å². The Hall–Kier alpha value is -0.570. The van der Waals surface area contributed by atoms with Crippen LogP contribution in [0.1, 0.15) is 33.1 Å². The van der Waals surface area contributed by atoms with E-state index in [-0.39, 0.29) is 23.9 Å². The lowest BCUT2D eigenvalue weighted by Gasteiger charge is -2.28. The van der Waals surface area contributed by atoms with Crippen molar-refractivity contribution < 1.29 is 15.0 Å². The van der Waals surface area contributed by atoms with Crippen LogP contribution in [-0.4, -0.2) is 22.3 Å². The molecule has 0 amide bonds. The van der Waals surface area contributed by atoms with Gasteiger partial charge in [-0.3, -0.25) is 4.79 Å². The van der Waals surface area contributed by atoms with E-state index in [0.29, 0.717) is 0 Å². The molecule has 2 N–H and O–H groups in total. The summed E-state index contributed by atoms with van der Waals surface area (Å²) in [5, 5.41) is 18.2. The summed E-state index contributed by atoms with van der Waals surface area (Å²) in [6.07, 6.45) is 1.43. The van der Waals surface area contributed by atoms with E-state index < -0.39 is 5.97 Å². The second-order valence-electron chi connectivity index (χ2n) is 4.21. The molecule has 2 unspecified atom stereocenters. The molecule has 0 saturated heterocycles. The lowest BCUT2D eigenvalue weighted by Crippen LogP contribution is -2.30. The molecule has 3 nitrogen and oxygen atoms in total. The molecule has 1 aliphatic carbocycles. The Morgan fingerprint density at radius 2 is 2.08 bits per heavy atom. The first kappa shape index (κ1) is 9.52. The van der Waals surface area contributed by atoms with Crippen molar-refractivity contribution in [1.29, 1.82) is 0 Å². The quantitative estimate of drug-likeness (QED) is 0.659. The minimum absolute atomic E-state index is 0.130. The fraction of sp³-hybridized carbons (Fsp3) is 0.889. The van der Waals surface area contributed by atoms with Crippen LogP contribution in [0.2, 0.25) is 0 Å². The first-order chi connectivity index (χ1) is 5.44. The van der Waals surface area contributed by atoms with Crippen LogP contribution in [0.5, 0.6) is 0 Å². The maximum Gasteiger partial charge on any atom is 0.303 e. The van der Waals surface area contributed by atoms with E-state index in [9.17, 15) is 9.90 Å². The van der Waals surface area contributed by atoms with E-state index in [2.05, 4.69) is 0 Å². The van der Waals surface area contributed by atoms with Crippen molar-refractivity contribution in [3.8, 4) is 0 Å². The lowest BCUT2D eigenvalue weighted by molar-refractivity contribution is -0.139. The zero-order valence-electron chi connectivity index (χ0n) is 7.58. The smallest absolute Gasteiger partial charge is 0.303 e. The zero-order valence-corrected chi connectivity index (χ0v) is 7.58. The van der Waals surface area contributed by atoms with E-state index in [1.807, 2.05) is 13.8 Å². The third-order valence-electron chi connectivity index (χ3n) is 3.12. The van der Waals surface area contributed by atoms with Crippen molar-refractivity contribution in [3.05, 3.63) is 0 Å². The average molecular weight is 172 g/mol. The van der Waals surface area contributed by atoms with Crippen LogP contribution in [0.4, 0.5) is 0 Å². The molecule has 1 fully saturated rings. The molecule has 0 aromatic heterocycles. The molecule has 3 heteroatoms. The van der Waals surface area contributed by atoms with Crippen molar-refractivity contribution in [2.24, 2.45) is 11.3 Å². The predicted molar refractivity (Wildman–Crippen MR) is 44.8 cm³/mol. The molecular formula is C9H16O3. The fourth-order valence-corrected chi connectivity index (χ4v) is 1.95. The molecule has 2 atom stereocenters. The number of hydrogen-bond acceptors (Lipinski definition) is 2. The van der Waals surface area contributed by atoms with Crippen LogP contribution in [0.15, 0.2) is 0 Å². The van der Waals surface area contributed by atoms with Gasteiger partial charge in [0.15, 0.2) is 0 Å². The molecule has 1 saturated carbocycles. The summed E-state index contributed by atoms with van der Waals surface area (Å²) in [6, 6.07) is 0. The zero-order chi connectivity index (χ0) is 9.35. The summed E-state index contributed by atoms with van der Waals surface area (Å²) in [4.78, 5) is 10.5. The van der Waals surface area contributed by atoms with E-state index in [4.69, 9.17) is 5.11 Å². The Morgan fingerprint density at radius 1 is 1.50 bits per heavy atom. The topological polar surface area (TPSA) is 57.5 Å². The maximum absolute atomic E-state index is 10.5. The Morgan fingerprint density at radius 3 is 2.42 bits per heavy atom. The van der Waals surface area contributed by atoms with Gasteiger partial charge in [-0.1, -0.05) is 13.8 Å². The van der Waals surface area contributed by atoms with Gasteiger partial charge in [-0.25, -0.2) is 0 Å². The van der Waals surface area contributed by atoms with Gasteiger partial charge in [-0.15, -0.1) is 0 Å². The summed E-state index contributed by atoms with van der Waals surface area (Å²) < 4.78 is 0. The second-order valence-corrected chi connectivity index (χ2v) is 4.21. The summed E-state index contributed by atoms with van der Waals surface area (Å²) in [6.45, 7) is 3.89. The Balaban J connectivity index is 2.62. The molecule has 0 bridgehead atoms. The Labute approximate surface area is 72.4 Å². The van der Waals surface area contributed by atoms with Gasteiger partial charge in [0.2, 0.25) is 0 Å². The third kappa shape index (κ3) is 1.61. The van der Waals surface area contributed by atoms with Crippen LogP contribution in [-0.2, 0) is 4.79 Å². The minimum atomic E-state index is -0.762. The molecule has 0 aromatic rings. The van der Waals surface area contributed by atoms with Gasteiger partial charge in [0, 0.05) is 6.42 Å². The molecule has 70 valence electrons. The Kier molecular flexibility index (Phi) is 2.42. The highest BCUT2D eigenvalue weighted by molar-refractivity contribution is 5.67. The van der Waals surface area contributed by atoms with Gasteiger partial charge in [0.05, 0.1) is 6.10 Å². The first-order valence-electron chi connectivity index (χ1n) is 4.34. The molecule has 0 spiro atoms. The van der Waals surface area contributed by atoms with Gasteiger partial charge in [-0.2, -0.15) is 0 Å². The number of rotatable bonds is 2. The van der Waals surface area contributed by atoms with Gasteiger partial charge >= 0.3 is 5.97 Å². The number of aliphatic hydroxyl groups is 1. The summed E-state index contributed by atoms with van der Waals surface area (Å²) in [7, 11) is 0. The highest BCUT2D eigenvalue weighted by atomic mass is 16.4. The number of aliphatic hydroxyl groups excluding tert-OH is 1.